The standard InChI is InChI=1S/C24H40O8/c1-3-16(25)17(26)5-4-6-18(27)20-9-11-22(31-20)23-12-10-21(32-23)19(28)8-7-15-13-14(2)30-24(15)29/h13-14,16-23,25-28H,3-12H2,1-2H3/t14-,16?,17?,18-,19+,20+,21?,22?,23+/m0/s1. The summed E-state index contributed by atoms with van der Waals surface area (Å²) in [6.45, 7) is 3.64. The van der Waals surface area contributed by atoms with Crippen LogP contribution in [-0.4, -0.2) is 81.3 Å². The van der Waals surface area contributed by atoms with E-state index >= 15 is 0 Å². The summed E-state index contributed by atoms with van der Waals surface area (Å²) in [5, 5.41) is 40.5. The fourth-order valence-corrected chi connectivity index (χ4v) is 4.98. The third kappa shape index (κ3) is 6.74. The second kappa shape index (κ2) is 11.9. The molecule has 2 fully saturated rings. The van der Waals surface area contributed by atoms with Crippen LogP contribution in [0.3, 0.4) is 0 Å². The van der Waals surface area contributed by atoms with Gasteiger partial charge in [-0.1, -0.05) is 6.92 Å². The molecule has 0 amide bonds. The lowest BCUT2D eigenvalue weighted by Gasteiger charge is -2.24. The Morgan fingerprint density at radius 3 is 2.03 bits per heavy atom. The van der Waals surface area contributed by atoms with Crippen LogP contribution >= 0.6 is 0 Å². The lowest BCUT2D eigenvalue weighted by Crippen LogP contribution is -2.33. The minimum atomic E-state index is -0.751. The predicted octanol–water partition coefficient (Wildman–Crippen LogP) is 1.76. The van der Waals surface area contributed by atoms with Crippen LogP contribution in [-0.2, 0) is 19.0 Å². The highest BCUT2D eigenvalue weighted by Gasteiger charge is 2.41. The molecule has 0 spiro atoms. The molecule has 184 valence electrons. The summed E-state index contributed by atoms with van der Waals surface area (Å²) in [4.78, 5) is 11.7. The number of carbonyl (C=O) groups excluding carboxylic acids is 1. The van der Waals surface area contributed by atoms with Crippen LogP contribution in [0.1, 0.15) is 78.1 Å². The summed E-state index contributed by atoms with van der Waals surface area (Å²) in [5.74, 6) is -0.296. The van der Waals surface area contributed by atoms with Crippen LogP contribution in [0.5, 0.6) is 0 Å². The summed E-state index contributed by atoms with van der Waals surface area (Å²) in [5.41, 5.74) is 0.624. The van der Waals surface area contributed by atoms with Gasteiger partial charge in [-0.25, -0.2) is 4.79 Å². The van der Waals surface area contributed by atoms with Crippen LogP contribution in [0, 0.1) is 0 Å². The number of esters is 1. The van der Waals surface area contributed by atoms with Gasteiger partial charge in [-0.3, -0.25) is 0 Å². The highest BCUT2D eigenvalue weighted by molar-refractivity contribution is 5.90. The van der Waals surface area contributed by atoms with Gasteiger partial charge in [-0.15, -0.1) is 0 Å². The van der Waals surface area contributed by atoms with Gasteiger partial charge in [0.25, 0.3) is 0 Å². The molecular weight excluding hydrogens is 416 g/mol. The van der Waals surface area contributed by atoms with Crippen molar-refractivity contribution in [3.8, 4) is 0 Å². The SMILES string of the molecule is CCC(O)C(O)CCC[C@H](O)[C@H]1CCC([C@H]2CCC([C@H](O)CCC3=C[C@H](C)OC3=O)O2)O1. The Balaban J connectivity index is 1.35. The van der Waals surface area contributed by atoms with E-state index in [0.29, 0.717) is 44.1 Å². The molecule has 3 heterocycles. The summed E-state index contributed by atoms with van der Waals surface area (Å²) < 4.78 is 17.3. The molecular formula is C24H40O8. The molecule has 2 saturated heterocycles. The summed E-state index contributed by atoms with van der Waals surface area (Å²) >= 11 is 0. The van der Waals surface area contributed by atoms with E-state index < -0.39 is 24.4 Å². The van der Waals surface area contributed by atoms with Crippen molar-refractivity contribution < 1.29 is 39.4 Å². The monoisotopic (exact) mass is 456 g/mol. The number of carbonyl (C=O) groups is 1. The van der Waals surface area contributed by atoms with E-state index in [-0.39, 0.29) is 36.5 Å². The van der Waals surface area contributed by atoms with E-state index in [9.17, 15) is 25.2 Å². The zero-order chi connectivity index (χ0) is 23.3. The quantitative estimate of drug-likeness (QED) is 0.327. The second-order valence-corrected chi connectivity index (χ2v) is 9.53. The van der Waals surface area contributed by atoms with Crippen LogP contribution in [0.2, 0.25) is 0 Å². The highest BCUT2D eigenvalue weighted by Crippen LogP contribution is 2.35. The molecule has 0 saturated carbocycles. The van der Waals surface area contributed by atoms with Crippen molar-refractivity contribution in [3.05, 3.63) is 11.6 Å². The lowest BCUT2D eigenvalue weighted by molar-refractivity contribution is -0.139. The number of hydrogen-bond acceptors (Lipinski definition) is 8. The van der Waals surface area contributed by atoms with Gasteiger partial charge in [0, 0.05) is 5.57 Å². The van der Waals surface area contributed by atoms with Crippen molar-refractivity contribution in [2.45, 2.75) is 133 Å². The van der Waals surface area contributed by atoms with Gasteiger partial charge in [0.2, 0.25) is 0 Å². The van der Waals surface area contributed by atoms with E-state index in [1.807, 2.05) is 13.8 Å². The van der Waals surface area contributed by atoms with Crippen LogP contribution in [0.4, 0.5) is 0 Å². The summed E-state index contributed by atoms with van der Waals surface area (Å²) in [7, 11) is 0. The smallest absolute Gasteiger partial charge is 0.334 e. The van der Waals surface area contributed by atoms with Crippen molar-refractivity contribution in [2.75, 3.05) is 0 Å². The molecule has 8 heteroatoms. The van der Waals surface area contributed by atoms with E-state index in [2.05, 4.69) is 0 Å². The predicted molar refractivity (Wildman–Crippen MR) is 117 cm³/mol. The molecule has 0 aromatic rings. The van der Waals surface area contributed by atoms with Gasteiger partial charge in [0.05, 0.1) is 48.8 Å². The second-order valence-electron chi connectivity index (χ2n) is 9.53. The van der Waals surface area contributed by atoms with Crippen LogP contribution in [0.25, 0.3) is 0 Å². The first-order chi connectivity index (χ1) is 15.3. The lowest BCUT2D eigenvalue weighted by atomic mass is 9.99. The fourth-order valence-electron chi connectivity index (χ4n) is 4.98. The Bertz CT molecular complexity index is 637. The average molecular weight is 457 g/mol. The number of hydrogen-bond donors (Lipinski definition) is 4. The third-order valence-electron chi connectivity index (χ3n) is 7.01. The minimum Gasteiger partial charge on any atom is -0.455 e. The zero-order valence-electron chi connectivity index (χ0n) is 19.3. The number of aliphatic hydroxyl groups is 4. The fraction of sp³-hybridized carbons (Fsp3) is 0.875. The van der Waals surface area contributed by atoms with Crippen LogP contribution in [0.15, 0.2) is 11.6 Å². The van der Waals surface area contributed by atoms with Crippen LogP contribution < -0.4 is 0 Å². The van der Waals surface area contributed by atoms with Gasteiger partial charge in [0.15, 0.2) is 0 Å². The highest BCUT2D eigenvalue weighted by atomic mass is 16.6. The molecule has 3 aliphatic rings. The Kier molecular flexibility index (Phi) is 9.52. The maximum Gasteiger partial charge on any atom is 0.334 e. The van der Waals surface area contributed by atoms with E-state index in [1.54, 1.807) is 6.08 Å². The van der Waals surface area contributed by atoms with E-state index in [0.717, 1.165) is 25.7 Å². The molecule has 0 radical (unpaired) electrons. The first kappa shape index (κ1) is 25.6. The van der Waals surface area contributed by atoms with Crippen molar-refractivity contribution in [1.29, 1.82) is 0 Å². The number of aliphatic hydroxyl groups excluding tert-OH is 4. The molecule has 0 aromatic heterocycles. The summed E-state index contributed by atoms with van der Waals surface area (Å²) in [6.07, 6.45) is 4.37. The molecule has 4 N–H and O–H groups in total. The van der Waals surface area contributed by atoms with Crippen molar-refractivity contribution >= 4 is 5.97 Å². The van der Waals surface area contributed by atoms with Gasteiger partial charge >= 0.3 is 5.97 Å². The number of ether oxygens (including phenoxy) is 3. The number of cyclic esters (lactones) is 1. The molecule has 8 nitrogen and oxygen atoms in total. The molecule has 9 atom stereocenters. The Morgan fingerprint density at radius 2 is 1.50 bits per heavy atom. The molecule has 0 bridgehead atoms. The van der Waals surface area contributed by atoms with Gasteiger partial charge < -0.3 is 34.6 Å². The van der Waals surface area contributed by atoms with Gasteiger partial charge in [-0.05, 0) is 77.2 Å². The summed E-state index contributed by atoms with van der Waals surface area (Å²) in [6, 6.07) is 0. The molecule has 3 rings (SSSR count). The molecule has 0 aromatic carbocycles. The average Bonchev–Trinajstić information content (AvgIpc) is 3.50. The molecule has 32 heavy (non-hydrogen) atoms. The maximum absolute atomic E-state index is 11.7. The van der Waals surface area contributed by atoms with Crippen molar-refractivity contribution in [2.24, 2.45) is 0 Å². The normalized spacial score (nSPS) is 34.2. The molecule has 0 aliphatic carbocycles. The Morgan fingerprint density at radius 1 is 0.906 bits per heavy atom. The zero-order valence-corrected chi connectivity index (χ0v) is 19.3. The van der Waals surface area contributed by atoms with Gasteiger partial charge in [0.1, 0.15) is 6.10 Å². The van der Waals surface area contributed by atoms with Crippen molar-refractivity contribution in [1.82, 2.24) is 0 Å². The van der Waals surface area contributed by atoms with E-state index in [4.69, 9.17) is 14.2 Å². The van der Waals surface area contributed by atoms with E-state index in [1.165, 1.54) is 0 Å². The van der Waals surface area contributed by atoms with Gasteiger partial charge in [-0.2, -0.15) is 0 Å². The molecule has 3 aliphatic heterocycles. The third-order valence-corrected chi connectivity index (χ3v) is 7.01. The minimum absolute atomic E-state index is 0.0901. The number of rotatable bonds is 12. The largest absolute Gasteiger partial charge is 0.455 e. The molecule has 4 unspecified atom stereocenters. The maximum atomic E-state index is 11.7. The van der Waals surface area contributed by atoms with Crippen molar-refractivity contribution in [3.63, 3.8) is 0 Å². The Hall–Kier alpha value is -1.03. The topological polar surface area (TPSA) is 126 Å². The first-order valence-corrected chi connectivity index (χ1v) is 12.2. The first-order valence-electron chi connectivity index (χ1n) is 12.2. The Labute approximate surface area is 190 Å².